The van der Waals surface area contributed by atoms with E-state index in [2.05, 4.69) is 34.9 Å². The lowest BCUT2D eigenvalue weighted by molar-refractivity contribution is 0.589. The fourth-order valence-corrected chi connectivity index (χ4v) is 6.71. The van der Waals surface area contributed by atoms with Crippen LogP contribution in [0.15, 0.2) is 65.7 Å². The number of hydrogen-bond donors (Lipinski definition) is 0. The first kappa shape index (κ1) is 25.6. The molecule has 6 rings (SSSR count). The molecule has 200 valence electrons. The second kappa shape index (κ2) is 9.50. The Kier molecular flexibility index (Phi) is 6.23. The lowest BCUT2D eigenvalue weighted by Gasteiger charge is -2.30. The fraction of sp³-hybridized carbons (Fsp3) is 0.276. The molecule has 3 aromatic heterocycles. The van der Waals surface area contributed by atoms with Gasteiger partial charge in [0.15, 0.2) is 5.82 Å². The normalized spacial score (nSPS) is 13.8. The number of benzene rings is 2. The number of aryl methyl sites for hydroxylation is 2. The molecular formula is C29H29ClN6O2S. The van der Waals surface area contributed by atoms with E-state index < -0.39 is 10.0 Å². The lowest BCUT2D eigenvalue weighted by atomic mass is 10.1. The molecule has 0 bridgehead atoms. The van der Waals surface area contributed by atoms with E-state index in [4.69, 9.17) is 16.6 Å². The molecule has 0 aliphatic carbocycles. The summed E-state index contributed by atoms with van der Waals surface area (Å²) in [5.41, 5.74) is 5.18. The molecule has 39 heavy (non-hydrogen) atoms. The van der Waals surface area contributed by atoms with Gasteiger partial charge in [0, 0.05) is 55.3 Å². The van der Waals surface area contributed by atoms with Crippen molar-refractivity contribution >= 4 is 38.3 Å². The molecule has 0 atom stereocenters. The van der Waals surface area contributed by atoms with E-state index in [9.17, 15) is 8.42 Å². The number of nitrogens with zero attached hydrogens (tertiary/aromatic N) is 6. The number of hydrogen-bond acceptors (Lipinski definition) is 6. The van der Waals surface area contributed by atoms with E-state index >= 15 is 0 Å². The van der Waals surface area contributed by atoms with Crippen LogP contribution in [0, 0.1) is 6.92 Å². The molecule has 8 nitrogen and oxygen atoms in total. The zero-order valence-corrected chi connectivity index (χ0v) is 23.8. The largest absolute Gasteiger partial charge is 0.352 e. The third kappa shape index (κ3) is 4.39. The maximum absolute atomic E-state index is 13.4. The number of rotatable bonds is 5. The minimum absolute atomic E-state index is 0.238. The maximum atomic E-state index is 13.4. The Hall–Kier alpha value is -3.69. The summed E-state index contributed by atoms with van der Waals surface area (Å²) in [6, 6.07) is 16.3. The molecule has 0 fully saturated rings. The summed E-state index contributed by atoms with van der Waals surface area (Å²) in [6.07, 6.45) is 2.30. The van der Waals surface area contributed by atoms with Crippen molar-refractivity contribution in [3.05, 3.63) is 88.5 Å². The molecule has 10 heteroatoms. The van der Waals surface area contributed by atoms with Crippen molar-refractivity contribution in [3.8, 4) is 11.4 Å². The Balaban J connectivity index is 1.36. The summed E-state index contributed by atoms with van der Waals surface area (Å²) in [4.78, 5) is 12.1. The molecule has 0 N–H and O–H groups in total. The molecule has 0 spiro atoms. The molecule has 0 radical (unpaired) electrons. The number of anilines is 1. The van der Waals surface area contributed by atoms with Crippen molar-refractivity contribution in [2.24, 2.45) is 7.05 Å². The summed E-state index contributed by atoms with van der Waals surface area (Å²) in [6.45, 7) is 7.58. The topological polar surface area (TPSA) is 85.9 Å². The highest BCUT2D eigenvalue weighted by molar-refractivity contribution is 7.90. The summed E-state index contributed by atoms with van der Waals surface area (Å²) < 4.78 is 30.1. The Bertz CT molecular complexity index is 1820. The van der Waals surface area contributed by atoms with E-state index in [0.29, 0.717) is 35.4 Å². The number of aromatic nitrogens is 5. The van der Waals surface area contributed by atoms with Gasteiger partial charge >= 0.3 is 0 Å². The van der Waals surface area contributed by atoms with Gasteiger partial charge in [-0.3, -0.25) is 4.68 Å². The molecule has 2 aromatic carbocycles. The monoisotopic (exact) mass is 560 g/mol. The summed E-state index contributed by atoms with van der Waals surface area (Å²) in [5, 5.41) is 5.81. The lowest BCUT2D eigenvalue weighted by Crippen LogP contribution is -2.33. The van der Waals surface area contributed by atoms with Crippen molar-refractivity contribution in [2.75, 3.05) is 11.4 Å². The van der Waals surface area contributed by atoms with Gasteiger partial charge in [-0.1, -0.05) is 55.3 Å². The van der Waals surface area contributed by atoms with Crippen LogP contribution in [0.4, 0.5) is 5.82 Å². The predicted octanol–water partition coefficient (Wildman–Crippen LogP) is 5.72. The average molecular weight is 561 g/mol. The Labute approximate surface area is 232 Å². The van der Waals surface area contributed by atoms with Gasteiger partial charge in [0.05, 0.1) is 21.8 Å². The fourth-order valence-electron chi connectivity index (χ4n) is 5.12. The minimum atomic E-state index is -3.76. The highest BCUT2D eigenvalue weighted by Crippen LogP contribution is 2.34. The van der Waals surface area contributed by atoms with Crippen molar-refractivity contribution in [1.29, 1.82) is 0 Å². The van der Waals surface area contributed by atoms with Crippen LogP contribution in [0.5, 0.6) is 0 Å². The standard InChI is InChI=1S/C29H29ClN6O2S/c1-18(2)25-16-27(34(4)33-25)35-14-13-24-23(17-35)28(30)32-29(31-24)22-6-5-7-26-21(22)12-15-36(26)39(37,38)20-10-8-19(3)9-11-20/h5-12,15-16,18H,13-14,17H2,1-4H3. The third-order valence-corrected chi connectivity index (χ3v) is 9.33. The first-order valence-corrected chi connectivity index (χ1v) is 14.7. The molecule has 1 aliphatic rings. The van der Waals surface area contributed by atoms with Crippen LogP contribution in [0.3, 0.4) is 0 Å². The second-order valence-electron chi connectivity index (χ2n) is 10.3. The van der Waals surface area contributed by atoms with E-state index in [0.717, 1.165) is 45.8 Å². The highest BCUT2D eigenvalue weighted by atomic mass is 35.5. The average Bonchev–Trinajstić information content (AvgIpc) is 3.53. The number of halogens is 1. The quantitative estimate of drug-likeness (QED) is 0.256. The van der Waals surface area contributed by atoms with Crippen LogP contribution in [-0.2, 0) is 30.0 Å². The Morgan fingerprint density at radius 1 is 1.03 bits per heavy atom. The minimum Gasteiger partial charge on any atom is -0.352 e. The molecule has 0 saturated carbocycles. The Morgan fingerprint density at radius 3 is 2.51 bits per heavy atom. The highest BCUT2D eigenvalue weighted by Gasteiger charge is 2.26. The summed E-state index contributed by atoms with van der Waals surface area (Å²) >= 11 is 6.77. The second-order valence-corrected chi connectivity index (χ2v) is 12.5. The van der Waals surface area contributed by atoms with Crippen molar-refractivity contribution in [2.45, 2.75) is 44.6 Å². The van der Waals surface area contributed by atoms with Gasteiger partial charge in [-0.2, -0.15) is 5.10 Å². The first-order chi connectivity index (χ1) is 18.6. The number of fused-ring (bicyclic) bond motifs is 2. The first-order valence-electron chi connectivity index (χ1n) is 12.9. The van der Waals surface area contributed by atoms with Crippen LogP contribution in [0.25, 0.3) is 22.3 Å². The van der Waals surface area contributed by atoms with Gasteiger partial charge in [-0.15, -0.1) is 0 Å². The van der Waals surface area contributed by atoms with Crippen LogP contribution in [0.1, 0.15) is 42.3 Å². The Morgan fingerprint density at radius 2 is 1.79 bits per heavy atom. The third-order valence-electron chi connectivity index (χ3n) is 7.32. The van der Waals surface area contributed by atoms with Gasteiger partial charge in [-0.25, -0.2) is 22.4 Å². The van der Waals surface area contributed by atoms with Crippen molar-refractivity contribution < 1.29 is 8.42 Å². The maximum Gasteiger partial charge on any atom is 0.268 e. The van der Waals surface area contributed by atoms with Gasteiger partial charge in [0.1, 0.15) is 11.0 Å². The SMILES string of the molecule is Cc1ccc(S(=O)(=O)n2ccc3c(-c4nc(Cl)c5c(n4)CCN(c4cc(C(C)C)nn4C)C5)cccc32)cc1. The van der Waals surface area contributed by atoms with Gasteiger partial charge in [0.25, 0.3) is 10.0 Å². The smallest absolute Gasteiger partial charge is 0.268 e. The molecular weight excluding hydrogens is 532 g/mol. The summed E-state index contributed by atoms with van der Waals surface area (Å²) in [5.74, 6) is 1.89. The zero-order chi connectivity index (χ0) is 27.5. The summed E-state index contributed by atoms with van der Waals surface area (Å²) in [7, 11) is -1.80. The van der Waals surface area contributed by atoms with Crippen LogP contribution < -0.4 is 4.90 Å². The van der Waals surface area contributed by atoms with E-state index in [1.165, 1.54) is 3.97 Å². The van der Waals surface area contributed by atoms with E-state index in [1.807, 2.05) is 30.8 Å². The molecule has 0 amide bonds. The predicted molar refractivity (Wildman–Crippen MR) is 154 cm³/mol. The van der Waals surface area contributed by atoms with E-state index in [-0.39, 0.29) is 4.90 Å². The van der Waals surface area contributed by atoms with Gasteiger partial charge < -0.3 is 4.90 Å². The molecule has 0 saturated heterocycles. The van der Waals surface area contributed by atoms with Crippen molar-refractivity contribution in [3.63, 3.8) is 0 Å². The van der Waals surface area contributed by atoms with Crippen molar-refractivity contribution in [1.82, 2.24) is 23.7 Å². The zero-order valence-electron chi connectivity index (χ0n) is 22.3. The van der Waals surface area contributed by atoms with Crippen LogP contribution in [-0.4, -0.2) is 38.7 Å². The van der Waals surface area contributed by atoms with E-state index in [1.54, 1.807) is 42.6 Å². The molecule has 1 aliphatic heterocycles. The van der Waals surface area contributed by atoms with Crippen LogP contribution >= 0.6 is 11.6 Å². The molecule has 0 unspecified atom stereocenters. The van der Waals surface area contributed by atoms with Gasteiger partial charge in [0.2, 0.25) is 0 Å². The van der Waals surface area contributed by atoms with Gasteiger partial charge in [-0.05, 0) is 37.1 Å². The van der Waals surface area contributed by atoms with Crippen LogP contribution in [0.2, 0.25) is 5.15 Å². The molecule has 5 aromatic rings. The molecule has 4 heterocycles.